The first-order valence-electron chi connectivity index (χ1n) is 7.62. The molecule has 4 nitrogen and oxygen atoms in total. The van der Waals surface area contributed by atoms with E-state index in [0.717, 1.165) is 18.4 Å². The van der Waals surface area contributed by atoms with Gasteiger partial charge in [-0.3, -0.25) is 4.79 Å². The van der Waals surface area contributed by atoms with Gasteiger partial charge in [-0.15, -0.1) is 0 Å². The average Bonchev–Trinajstić information content (AvgIpc) is 2.53. The maximum absolute atomic E-state index is 12.6. The third kappa shape index (κ3) is 4.63. The van der Waals surface area contributed by atoms with Crippen LogP contribution < -0.4 is 0 Å². The summed E-state index contributed by atoms with van der Waals surface area (Å²) in [6, 6.07) is 8.84. The molecule has 0 fully saturated rings. The number of carbonyl (C=O) groups is 1. The van der Waals surface area contributed by atoms with E-state index in [1.54, 1.807) is 13.0 Å². The van der Waals surface area contributed by atoms with E-state index in [1.807, 2.05) is 0 Å². The first-order chi connectivity index (χ1) is 11.9. The Bertz CT molecular complexity index is 920. The maximum atomic E-state index is 12.6. The van der Waals surface area contributed by atoms with Crippen LogP contribution in [0.1, 0.15) is 27.0 Å². The maximum Gasteiger partial charge on any atom is 0.416 e. The van der Waals surface area contributed by atoms with Gasteiger partial charge in [-0.1, -0.05) is 18.2 Å². The van der Waals surface area contributed by atoms with Gasteiger partial charge >= 0.3 is 6.18 Å². The number of hydrogen-bond acceptors (Lipinski definition) is 3. The molecule has 140 valence electrons. The lowest BCUT2D eigenvalue weighted by molar-refractivity contribution is -0.137. The summed E-state index contributed by atoms with van der Waals surface area (Å²) in [5.41, 5.74) is 0.627. The number of amides is 1. The van der Waals surface area contributed by atoms with Crippen LogP contribution in [-0.4, -0.2) is 32.5 Å². The summed E-state index contributed by atoms with van der Waals surface area (Å²) in [4.78, 5) is 14.0. The lowest BCUT2D eigenvalue weighted by Gasteiger charge is -2.19. The summed E-state index contributed by atoms with van der Waals surface area (Å²) < 4.78 is 61.1. The second-order valence-electron chi connectivity index (χ2n) is 6.10. The predicted octanol–water partition coefficient (Wildman–Crippen LogP) is 3.69. The molecule has 0 spiro atoms. The predicted molar refractivity (Wildman–Crippen MR) is 91.5 cm³/mol. The first-order valence-corrected chi connectivity index (χ1v) is 9.51. The van der Waals surface area contributed by atoms with E-state index in [-0.39, 0.29) is 17.0 Å². The number of alkyl halides is 3. The third-order valence-electron chi connectivity index (χ3n) is 3.92. The molecule has 0 radical (unpaired) electrons. The molecule has 0 aliphatic carbocycles. The van der Waals surface area contributed by atoms with Crippen molar-refractivity contribution >= 4 is 15.7 Å². The quantitative estimate of drug-likeness (QED) is 0.807. The molecule has 0 aliphatic rings. The van der Waals surface area contributed by atoms with E-state index < -0.39 is 27.5 Å². The lowest BCUT2D eigenvalue weighted by atomic mass is 10.1. The minimum atomic E-state index is -4.41. The van der Waals surface area contributed by atoms with Crippen molar-refractivity contribution in [2.45, 2.75) is 24.5 Å². The standard InChI is InChI=1S/C18H18F3NO3S/c1-12-4-9-15(26(3,24)25)10-16(12)17(23)22(2)11-13-5-7-14(8-6-13)18(19,20)21/h4-10H,11H2,1-3H3. The molecule has 0 unspecified atom stereocenters. The highest BCUT2D eigenvalue weighted by atomic mass is 32.2. The molecule has 0 heterocycles. The number of carbonyl (C=O) groups excluding carboxylic acids is 1. The normalized spacial score (nSPS) is 12.1. The van der Waals surface area contributed by atoms with Gasteiger partial charge in [0.25, 0.3) is 5.91 Å². The molecule has 1 amide bonds. The zero-order chi connectivity index (χ0) is 19.7. The van der Waals surface area contributed by atoms with Crippen molar-refractivity contribution in [3.05, 3.63) is 64.7 Å². The van der Waals surface area contributed by atoms with Gasteiger partial charge in [-0.2, -0.15) is 13.2 Å². The second kappa shape index (κ2) is 7.11. The molecule has 0 saturated heterocycles. The fourth-order valence-electron chi connectivity index (χ4n) is 2.41. The number of benzene rings is 2. The van der Waals surface area contributed by atoms with E-state index in [9.17, 15) is 26.4 Å². The summed E-state index contributed by atoms with van der Waals surface area (Å²) in [7, 11) is -1.95. The van der Waals surface area contributed by atoms with Crippen molar-refractivity contribution in [1.82, 2.24) is 4.90 Å². The van der Waals surface area contributed by atoms with Gasteiger partial charge in [0.1, 0.15) is 0 Å². The monoisotopic (exact) mass is 385 g/mol. The van der Waals surface area contributed by atoms with Crippen molar-refractivity contribution in [3.8, 4) is 0 Å². The van der Waals surface area contributed by atoms with E-state index in [4.69, 9.17) is 0 Å². The van der Waals surface area contributed by atoms with Gasteiger partial charge in [0.2, 0.25) is 0 Å². The molecule has 0 bridgehead atoms. The molecule has 2 aromatic carbocycles. The fourth-order valence-corrected chi connectivity index (χ4v) is 3.06. The van der Waals surface area contributed by atoms with Crippen LogP contribution >= 0.6 is 0 Å². The Balaban J connectivity index is 2.22. The van der Waals surface area contributed by atoms with E-state index in [2.05, 4.69) is 0 Å². The summed E-state index contributed by atoms with van der Waals surface area (Å²) in [6.45, 7) is 1.78. The number of rotatable bonds is 4. The topological polar surface area (TPSA) is 54.5 Å². The first kappa shape index (κ1) is 20.0. The molecular formula is C18H18F3NO3S. The smallest absolute Gasteiger partial charge is 0.337 e. The third-order valence-corrected chi connectivity index (χ3v) is 5.03. The van der Waals surface area contributed by atoms with Crippen LogP contribution in [0.5, 0.6) is 0 Å². The highest BCUT2D eigenvalue weighted by molar-refractivity contribution is 7.90. The van der Waals surface area contributed by atoms with Crippen LogP contribution in [0.4, 0.5) is 13.2 Å². The molecule has 2 aromatic rings. The van der Waals surface area contributed by atoms with Crippen LogP contribution in [0, 0.1) is 6.92 Å². The number of hydrogen-bond donors (Lipinski definition) is 0. The van der Waals surface area contributed by atoms with Crippen molar-refractivity contribution in [1.29, 1.82) is 0 Å². The van der Waals surface area contributed by atoms with Crippen LogP contribution in [0.25, 0.3) is 0 Å². The van der Waals surface area contributed by atoms with Crippen molar-refractivity contribution in [2.75, 3.05) is 13.3 Å². The highest BCUT2D eigenvalue weighted by Gasteiger charge is 2.30. The van der Waals surface area contributed by atoms with E-state index in [0.29, 0.717) is 11.1 Å². The zero-order valence-electron chi connectivity index (χ0n) is 14.5. The second-order valence-corrected chi connectivity index (χ2v) is 8.12. The van der Waals surface area contributed by atoms with Gasteiger partial charge in [0.15, 0.2) is 9.84 Å². The number of nitrogens with zero attached hydrogens (tertiary/aromatic N) is 1. The van der Waals surface area contributed by atoms with Crippen LogP contribution in [0.2, 0.25) is 0 Å². The number of aryl methyl sites for hydroxylation is 1. The highest BCUT2D eigenvalue weighted by Crippen LogP contribution is 2.29. The Morgan fingerprint density at radius 2 is 1.65 bits per heavy atom. The summed E-state index contributed by atoms with van der Waals surface area (Å²) in [5, 5.41) is 0. The average molecular weight is 385 g/mol. The Kier molecular flexibility index (Phi) is 5.46. The van der Waals surface area contributed by atoms with Crippen molar-refractivity contribution in [2.24, 2.45) is 0 Å². The van der Waals surface area contributed by atoms with E-state index in [1.165, 1.54) is 36.2 Å². The largest absolute Gasteiger partial charge is 0.416 e. The zero-order valence-corrected chi connectivity index (χ0v) is 15.3. The van der Waals surface area contributed by atoms with Gasteiger partial charge in [-0.05, 0) is 42.3 Å². The molecule has 0 saturated carbocycles. The van der Waals surface area contributed by atoms with Crippen molar-refractivity contribution < 1.29 is 26.4 Å². The molecule has 0 atom stereocenters. The van der Waals surface area contributed by atoms with Crippen molar-refractivity contribution in [3.63, 3.8) is 0 Å². The van der Waals surface area contributed by atoms with Gasteiger partial charge < -0.3 is 4.90 Å². The minimum absolute atomic E-state index is 0.0365. The molecular weight excluding hydrogens is 367 g/mol. The molecule has 0 aromatic heterocycles. The number of sulfone groups is 1. The van der Waals surface area contributed by atoms with Crippen LogP contribution in [-0.2, 0) is 22.6 Å². The Morgan fingerprint density at radius 1 is 1.08 bits per heavy atom. The SMILES string of the molecule is Cc1ccc(S(C)(=O)=O)cc1C(=O)N(C)Cc1ccc(C(F)(F)F)cc1. The summed E-state index contributed by atoms with van der Waals surface area (Å²) in [5.74, 6) is -0.409. The van der Waals surface area contributed by atoms with Gasteiger partial charge in [0, 0.05) is 25.4 Å². The Labute approximate surface area is 150 Å². The molecule has 26 heavy (non-hydrogen) atoms. The number of halogens is 3. The fraction of sp³-hybridized carbons (Fsp3) is 0.278. The summed E-state index contributed by atoms with van der Waals surface area (Å²) in [6.07, 6.45) is -3.36. The van der Waals surface area contributed by atoms with Crippen LogP contribution in [0.3, 0.4) is 0 Å². The Hall–Kier alpha value is -2.35. The van der Waals surface area contributed by atoms with Gasteiger partial charge in [-0.25, -0.2) is 8.42 Å². The van der Waals surface area contributed by atoms with Gasteiger partial charge in [0.05, 0.1) is 10.5 Å². The summed E-state index contributed by atoms with van der Waals surface area (Å²) >= 11 is 0. The molecule has 8 heteroatoms. The Morgan fingerprint density at radius 3 is 2.15 bits per heavy atom. The molecule has 0 aliphatic heterocycles. The van der Waals surface area contributed by atoms with E-state index >= 15 is 0 Å². The molecule has 0 N–H and O–H groups in total. The molecule has 2 rings (SSSR count). The lowest BCUT2D eigenvalue weighted by Crippen LogP contribution is -2.27. The van der Waals surface area contributed by atoms with Crippen LogP contribution in [0.15, 0.2) is 47.4 Å². The minimum Gasteiger partial charge on any atom is -0.337 e.